The second-order valence-corrected chi connectivity index (χ2v) is 5.56. The predicted octanol–water partition coefficient (Wildman–Crippen LogP) is 3.67. The van der Waals surface area contributed by atoms with Crippen LogP contribution in [0.15, 0.2) is 18.2 Å². The van der Waals surface area contributed by atoms with Crippen LogP contribution in [0, 0.1) is 0 Å². The van der Waals surface area contributed by atoms with Crippen molar-refractivity contribution in [2.24, 2.45) is 0 Å². The second kappa shape index (κ2) is 6.49. The molecule has 2 rings (SSSR count). The molecule has 1 amide bonds. The smallest absolute Gasteiger partial charge is 0.257 e. The van der Waals surface area contributed by atoms with Crippen LogP contribution in [0.1, 0.15) is 36.0 Å². The van der Waals surface area contributed by atoms with E-state index in [1.54, 1.807) is 11.0 Å². The number of carbonyl (C=O) groups is 1. The van der Waals surface area contributed by atoms with Crippen molar-refractivity contribution < 1.29 is 9.90 Å². The SMILES string of the molecule is O=C(c1cc(Cl)ccc1O)N1CCCCCC1CCl. The molecule has 1 saturated heterocycles. The summed E-state index contributed by atoms with van der Waals surface area (Å²) < 4.78 is 0. The zero-order valence-electron chi connectivity index (χ0n) is 10.6. The number of aromatic hydroxyl groups is 1. The minimum absolute atomic E-state index is 0.0352. The maximum absolute atomic E-state index is 12.5. The number of rotatable bonds is 2. The molecule has 0 saturated carbocycles. The molecule has 0 aliphatic carbocycles. The van der Waals surface area contributed by atoms with E-state index in [1.807, 2.05) is 0 Å². The number of alkyl halides is 1. The predicted molar refractivity (Wildman–Crippen MR) is 77.1 cm³/mol. The van der Waals surface area contributed by atoms with E-state index in [0.29, 0.717) is 17.4 Å². The Morgan fingerprint density at radius 2 is 2.16 bits per heavy atom. The highest BCUT2D eigenvalue weighted by Crippen LogP contribution is 2.26. The molecule has 1 aliphatic heterocycles. The topological polar surface area (TPSA) is 40.5 Å². The molecule has 1 aromatic rings. The van der Waals surface area contributed by atoms with Gasteiger partial charge < -0.3 is 10.0 Å². The molecule has 104 valence electrons. The molecule has 0 radical (unpaired) electrons. The van der Waals surface area contributed by atoms with Gasteiger partial charge >= 0.3 is 0 Å². The van der Waals surface area contributed by atoms with E-state index < -0.39 is 0 Å². The number of carbonyl (C=O) groups excluding carboxylic acids is 1. The number of amides is 1. The van der Waals surface area contributed by atoms with Crippen molar-refractivity contribution in [2.45, 2.75) is 31.7 Å². The molecule has 1 fully saturated rings. The van der Waals surface area contributed by atoms with Crippen molar-refractivity contribution in [2.75, 3.05) is 12.4 Å². The molecular formula is C14H17Cl2NO2. The lowest BCUT2D eigenvalue weighted by atomic mass is 10.1. The Bertz CT molecular complexity index is 465. The number of nitrogens with zero attached hydrogens (tertiary/aromatic N) is 1. The van der Waals surface area contributed by atoms with Crippen molar-refractivity contribution in [3.63, 3.8) is 0 Å². The van der Waals surface area contributed by atoms with Gasteiger partial charge in [-0.15, -0.1) is 11.6 Å². The van der Waals surface area contributed by atoms with Gasteiger partial charge in [0.15, 0.2) is 0 Å². The molecule has 3 nitrogen and oxygen atoms in total. The van der Waals surface area contributed by atoms with Crippen LogP contribution in [0.4, 0.5) is 0 Å². The van der Waals surface area contributed by atoms with E-state index in [9.17, 15) is 9.90 Å². The van der Waals surface area contributed by atoms with Crippen LogP contribution < -0.4 is 0 Å². The quantitative estimate of drug-likeness (QED) is 0.847. The third kappa shape index (κ3) is 3.34. The fraction of sp³-hybridized carbons (Fsp3) is 0.500. The van der Waals surface area contributed by atoms with Crippen molar-refractivity contribution in [1.82, 2.24) is 4.90 Å². The fourth-order valence-corrected chi connectivity index (χ4v) is 2.93. The van der Waals surface area contributed by atoms with Gasteiger partial charge in [-0.1, -0.05) is 24.4 Å². The van der Waals surface area contributed by atoms with E-state index in [1.165, 1.54) is 12.1 Å². The molecule has 1 atom stereocenters. The first-order chi connectivity index (χ1) is 9.13. The number of hydrogen-bond acceptors (Lipinski definition) is 2. The second-order valence-electron chi connectivity index (χ2n) is 4.82. The molecule has 0 spiro atoms. The molecule has 1 aliphatic rings. The zero-order valence-corrected chi connectivity index (χ0v) is 12.1. The number of phenols is 1. The molecule has 1 unspecified atom stereocenters. The highest BCUT2D eigenvalue weighted by molar-refractivity contribution is 6.31. The van der Waals surface area contributed by atoms with Crippen LogP contribution in [-0.2, 0) is 0 Å². The Balaban J connectivity index is 2.27. The highest BCUT2D eigenvalue weighted by atomic mass is 35.5. The van der Waals surface area contributed by atoms with Crippen molar-refractivity contribution in [1.29, 1.82) is 0 Å². The van der Waals surface area contributed by atoms with Crippen LogP contribution in [0.2, 0.25) is 5.02 Å². The Kier molecular flexibility index (Phi) is 4.94. The molecule has 1 N–H and O–H groups in total. The summed E-state index contributed by atoms with van der Waals surface area (Å²) in [5.41, 5.74) is 0.254. The van der Waals surface area contributed by atoms with Crippen molar-refractivity contribution in [3.05, 3.63) is 28.8 Å². The van der Waals surface area contributed by atoms with Crippen LogP contribution in [-0.4, -0.2) is 34.4 Å². The third-order valence-corrected chi connectivity index (χ3v) is 4.10. The maximum Gasteiger partial charge on any atom is 0.257 e. The summed E-state index contributed by atoms with van der Waals surface area (Å²) >= 11 is 11.9. The van der Waals surface area contributed by atoms with Gasteiger partial charge in [-0.25, -0.2) is 0 Å². The lowest BCUT2D eigenvalue weighted by Gasteiger charge is -2.29. The van der Waals surface area contributed by atoms with E-state index in [-0.39, 0.29) is 23.3 Å². The van der Waals surface area contributed by atoms with Gasteiger partial charge in [-0.3, -0.25) is 4.79 Å². The van der Waals surface area contributed by atoms with Crippen LogP contribution in [0.3, 0.4) is 0 Å². The molecule has 5 heteroatoms. The summed E-state index contributed by atoms with van der Waals surface area (Å²) in [5.74, 6) is 0.201. The van der Waals surface area contributed by atoms with Gasteiger partial charge in [0, 0.05) is 23.5 Å². The van der Waals surface area contributed by atoms with Gasteiger partial charge in [0.2, 0.25) is 0 Å². The minimum atomic E-state index is -0.187. The van der Waals surface area contributed by atoms with Gasteiger partial charge in [0.25, 0.3) is 5.91 Å². The summed E-state index contributed by atoms with van der Waals surface area (Å²) in [6.07, 6.45) is 4.08. The van der Waals surface area contributed by atoms with E-state index in [4.69, 9.17) is 23.2 Å². The average molecular weight is 302 g/mol. The number of hydrogen-bond donors (Lipinski definition) is 1. The van der Waals surface area contributed by atoms with Crippen molar-refractivity contribution in [3.8, 4) is 5.75 Å². The summed E-state index contributed by atoms with van der Waals surface area (Å²) in [7, 11) is 0. The summed E-state index contributed by atoms with van der Waals surface area (Å²) in [4.78, 5) is 14.3. The first kappa shape index (κ1) is 14.5. The summed E-state index contributed by atoms with van der Waals surface area (Å²) in [6.45, 7) is 0.683. The number of phenolic OH excluding ortho intramolecular Hbond substituents is 1. The lowest BCUT2D eigenvalue weighted by Crippen LogP contribution is -2.41. The summed E-state index contributed by atoms with van der Waals surface area (Å²) in [6, 6.07) is 4.56. The standard InChI is InChI=1S/C14H17Cl2NO2/c15-9-11-4-2-1-3-7-17(11)14(19)12-8-10(16)5-6-13(12)18/h5-6,8,11,18H,1-4,7,9H2. The third-order valence-electron chi connectivity index (χ3n) is 3.51. The van der Waals surface area contributed by atoms with E-state index in [2.05, 4.69) is 0 Å². The first-order valence-electron chi connectivity index (χ1n) is 6.49. The van der Waals surface area contributed by atoms with Gasteiger partial charge in [0.1, 0.15) is 5.75 Å². The van der Waals surface area contributed by atoms with Crippen LogP contribution >= 0.6 is 23.2 Å². The monoisotopic (exact) mass is 301 g/mol. The lowest BCUT2D eigenvalue weighted by molar-refractivity contribution is 0.0697. The Hall–Kier alpha value is -0.930. The fourth-order valence-electron chi connectivity index (χ4n) is 2.44. The zero-order chi connectivity index (χ0) is 13.8. The van der Waals surface area contributed by atoms with Crippen molar-refractivity contribution >= 4 is 29.1 Å². The number of benzene rings is 1. The normalized spacial score (nSPS) is 20.1. The Morgan fingerprint density at radius 1 is 1.37 bits per heavy atom. The Morgan fingerprint density at radius 3 is 2.89 bits per heavy atom. The van der Waals surface area contributed by atoms with E-state index in [0.717, 1.165) is 25.7 Å². The largest absolute Gasteiger partial charge is 0.507 e. The molecule has 0 bridgehead atoms. The van der Waals surface area contributed by atoms with Crippen LogP contribution in [0.5, 0.6) is 5.75 Å². The molecule has 0 aromatic heterocycles. The molecule has 1 heterocycles. The Labute approximate surface area is 123 Å². The first-order valence-corrected chi connectivity index (χ1v) is 7.40. The van der Waals surface area contributed by atoms with Gasteiger partial charge in [0.05, 0.1) is 5.56 Å². The molecular weight excluding hydrogens is 285 g/mol. The molecule has 19 heavy (non-hydrogen) atoms. The van der Waals surface area contributed by atoms with E-state index >= 15 is 0 Å². The highest BCUT2D eigenvalue weighted by Gasteiger charge is 2.27. The molecule has 1 aromatic carbocycles. The maximum atomic E-state index is 12.5. The number of halogens is 2. The van der Waals surface area contributed by atoms with Gasteiger partial charge in [-0.2, -0.15) is 0 Å². The average Bonchev–Trinajstić information content (AvgIpc) is 2.65. The van der Waals surface area contributed by atoms with Crippen LogP contribution in [0.25, 0.3) is 0 Å². The number of likely N-dealkylation sites (tertiary alicyclic amines) is 1. The minimum Gasteiger partial charge on any atom is -0.507 e. The summed E-state index contributed by atoms with van der Waals surface area (Å²) in [5, 5.41) is 10.3. The van der Waals surface area contributed by atoms with Gasteiger partial charge in [-0.05, 0) is 31.0 Å².